The van der Waals surface area contributed by atoms with E-state index in [4.69, 9.17) is 5.73 Å². The lowest BCUT2D eigenvalue weighted by Gasteiger charge is -2.11. The van der Waals surface area contributed by atoms with E-state index in [2.05, 4.69) is 9.47 Å². The van der Waals surface area contributed by atoms with Gasteiger partial charge in [-0.05, 0) is 6.07 Å². The van der Waals surface area contributed by atoms with Gasteiger partial charge < -0.3 is 15.2 Å². The number of nitrogen functional groups attached to an aromatic ring is 1. The van der Waals surface area contributed by atoms with Crippen LogP contribution in [-0.2, 0) is 4.74 Å². The summed E-state index contributed by atoms with van der Waals surface area (Å²) in [6.07, 6.45) is -5.04. The molecule has 0 amide bonds. The van der Waals surface area contributed by atoms with E-state index in [9.17, 15) is 22.4 Å². The van der Waals surface area contributed by atoms with Gasteiger partial charge in [0.1, 0.15) is 0 Å². The molecule has 0 heterocycles. The van der Waals surface area contributed by atoms with Crippen molar-refractivity contribution >= 4 is 11.7 Å². The number of carbonyl (C=O) groups is 1. The Hall–Kier alpha value is -1.99. The molecule has 0 aliphatic carbocycles. The Balaban J connectivity index is 3.14. The lowest BCUT2D eigenvalue weighted by atomic mass is 10.1. The molecule has 0 fully saturated rings. The van der Waals surface area contributed by atoms with Crippen LogP contribution in [0.1, 0.15) is 10.4 Å². The molecule has 0 aliphatic heterocycles. The number of methoxy groups -OCH3 is 1. The Labute approximate surface area is 92.9 Å². The maximum atomic E-state index is 13.2. The summed E-state index contributed by atoms with van der Waals surface area (Å²) in [7, 11) is 1.03. The fourth-order valence-corrected chi connectivity index (χ4v) is 1.06. The summed E-state index contributed by atoms with van der Waals surface area (Å²) in [5, 5.41) is 0. The molecule has 1 aromatic carbocycles. The molecule has 1 aromatic rings. The highest BCUT2D eigenvalue weighted by molar-refractivity contribution is 5.95. The third-order valence-electron chi connectivity index (χ3n) is 1.74. The van der Waals surface area contributed by atoms with Gasteiger partial charge in [-0.15, -0.1) is 13.2 Å². The van der Waals surface area contributed by atoms with Gasteiger partial charge >= 0.3 is 12.3 Å². The van der Waals surface area contributed by atoms with Crippen molar-refractivity contribution in [2.45, 2.75) is 6.36 Å². The Morgan fingerprint density at radius 3 is 2.41 bits per heavy atom. The number of carbonyl (C=O) groups excluding carboxylic acids is 1. The zero-order valence-electron chi connectivity index (χ0n) is 8.47. The zero-order chi connectivity index (χ0) is 13.2. The minimum absolute atomic E-state index is 0.375. The number of benzene rings is 1. The Bertz CT molecular complexity index is 445. The average Bonchev–Trinajstić information content (AvgIpc) is 2.20. The van der Waals surface area contributed by atoms with Gasteiger partial charge in [0.25, 0.3) is 0 Å². The molecule has 0 aliphatic rings. The number of anilines is 1. The van der Waals surface area contributed by atoms with Crippen molar-refractivity contribution < 1.29 is 31.8 Å². The van der Waals surface area contributed by atoms with Crippen molar-refractivity contribution in [2.24, 2.45) is 0 Å². The van der Waals surface area contributed by atoms with Crippen LogP contribution in [0, 0.1) is 5.82 Å². The van der Waals surface area contributed by atoms with E-state index in [0.29, 0.717) is 12.1 Å². The molecule has 8 heteroatoms. The number of ether oxygens (including phenoxy) is 2. The van der Waals surface area contributed by atoms with Crippen LogP contribution in [0.3, 0.4) is 0 Å². The molecule has 0 spiro atoms. The van der Waals surface area contributed by atoms with Gasteiger partial charge in [-0.3, -0.25) is 0 Å². The van der Waals surface area contributed by atoms with Crippen molar-refractivity contribution in [3.8, 4) is 5.75 Å². The molecule has 0 atom stereocenters. The molecule has 1 rings (SSSR count). The Morgan fingerprint density at radius 2 is 1.94 bits per heavy atom. The largest absolute Gasteiger partial charge is 0.573 e. The topological polar surface area (TPSA) is 61.5 Å². The standard InChI is InChI=1S/C9H7F4NO3/c1-16-8(15)4-2-5(10)7(3-6(4)14)17-9(11,12)13/h2-3H,14H2,1H3. The number of hydrogen-bond acceptors (Lipinski definition) is 4. The van der Waals surface area contributed by atoms with Gasteiger partial charge in [0, 0.05) is 6.07 Å². The zero-order valence-corrected chi connectivity index (χ0v) is 8.47. The van der Waals surface area contributed by atoms with Gasteiger partial charge in [-0.2, -0.15) is 0 Å². The molecular weight excluding hydrogens is 246 g/mol. The minimum Gasteiger partial charge on any atom is -0.465 e. The second-order valence-electron chi connectivity index (χ2n) is 2.91. The van der Waals surface area contributed by atoms with Gasteiger partial charge in [0.05, 0.1) is 18.4 Å². The fraction of sp³-hybridized carbons (Fsp3) is 0.222. The van der Waals surface area contributed by atoms with Crippen LogP contribution in [0.25, 0.3) is 0 Å². The smallest absolute Gasteiger partial charge is 0.465 e. The van der Waals surface area contributed by atoms with Crippen LogP contribution < -0.4 is 10.5 Å². The maximum Gasteiger partial charge on any atom is 0.573 e. The van der Waals surface area contributed by atoms with Gasteiger partial charge in [0.2, 0.25) is 0 Å². The molecule has 4 nitrogen and oxygen atoms in total. The van der Waals surface area contributed by atoms with E-state index >= 15 is 0 Å². The predicted molar refractivity (Wildman–Crippen MR) is 48.8 cm³/mol. The number of nitrogens with two attached hydrogens (primary N) is 1. The SMILES string of the molecule is COC(=O)c1cc(F)c(OC(F)(F)F)cc1N. The molecular formula is C9H7F4NO3. The van der Waals surface area contributed by atoms with Crippen LogP contribution in [0.15, 0.2) is 12.1 Å². The number of hydrogen-bond donors (Lipinski definition) is 1. The molecule has 94 valence electrons. The highest BCUT2D eigenvalue weighted by atomic mass is 19.4. The van der Waals surface area contributed by atoms with Crippen molar-refractivity contribution in [2.75, 3.05) is 12.8 Å². The van der Waals surface area contributed by atoms with Crippen molar-refractivity contribution in [3.63, 3.8) is 0 Å². The molecule has 0 bridgehead atoms. The summed E-state index contributed by atoms with van der Waals surface area (Å²) in [5.74, 6) is -3.43. The second kappa shape index (κ2) is 4.48. The second-order valence-corrected chi connectivity index (χ2v) is 2.91. The third kappa shape index (κ3) is 3.23. The maximum absolute atomic E-state index is 13.2. The van der Waals surface area contributed by atoms with Crippen molar-refractivity contribution in [1.82, 2.24) is 0 Å². The summed E-state index contributed by atoms with van der Waals surface area (Å²) in [4.78, 5) is 11.1. The lowest BCUT2D eigenvalue weighted by molar-refractivity contribution is -0.275. The minimum atomic E-state index is -5.04. The van der Waals surface area contributed by atoms with Crippen molar-refractivity contribution in [3.05, 3.63) is 23.5 Å². The summed E-state index contributed by atoms with van der Waals surface area (Å²) >= 11 is 0. The molecule has 17 heavy (non-hydrogen) atoms. The van der Waals surface area contributed by atoms with E-state index in [1.54, 1.807) is 0 Å². The third-order valence-corrected chi connectivity index (χ3v) is 1.74. The molecule has 2 N–H and O–H groups in total. The molecule has 0 saturated heterocycles. The van der Waals surface area contributed by atoms with E-state index < -0.39 is 23.9 Å². The van der Waals surface area contributed by atoms with Gasteiger partial charge in [0.15, 0.2) is 11.6 Å². The first-order valence-electron chi connectivity index (χ1n) is 4.17. The van der Waals surface area contributed by atoms with Gasteiger partial charge in [-0.1, -0.05) is 0 Å². The molecule has 0 unspecified atom stereocenters. The summed E-state index contributed by atoms with van der Waals surface area (Å²) in [5.41, 5.74) is 4.52. The monoisotopic (exact) mass is 253 g/mol. The number of esters is 1. The van der Waals surface area contributed by atoms with Crippen LogP contribution >= 0.6 is 0 Å². The van der Waals surface area contributed by atoms with E-state index in [1.165, 1.54) is 0 Å². The summed E-state index contributed by atoms with van der Waals surface area (Å²) in [6.45, 7) is 0. The molecule has 0 saturated carbocycles. The summed E-state index contributed by atoms with van der Waals surface area (Å²) < 4.78 is 56.4. The summed E-state index contributed by atoms with van der Waals surface area (Å²) in [6, 6.07) is 1.08. The molecule has 0 radical (unpaired) electrons. The van der Waals surface area contributed by atoms with Crippen molar-refractivity contribution in [1.29, 1.82) is 0 Å². The first-order chi connectivity index (χ1) is 7.74. The number of alkyl halides is 3. The molecule has 0 aromatic heterocycles. The van der Waals surface area contributed by atoms with E-state index in [0.717, 1.165) is 7.11 Å². The quantitative estimate of drug-likeness (QED) is 0.498. The first-order valence-corrected chi connectivity index (χ1v) is 4.17. The highest BCUT2D eigenvalue weighted by Gasteiger charge is 2.33. The van der Waals surface area contributed by atoms with E-state index in [-0.39, 0.29) is 11.3 Å². The normalized spacial score (nSPS) is 11.1. The number of halogens is 4. The highest BCUT2D eigenvalue weighted by Crippen LogP contribution is 2.29. The van der Waals surface area contributed by atoms with Crippen LogP contribution in [0.5, 0.6) is 5.75 Å². The Kier molecular flexibility index (Phi) is 3.45. The van der Waals surface area contributed by atoms with Gasteiger partial charge in [-0.25, -0.2) is 9.18 Å². The lowest BCUT2D eigenvalue weighted by Crippen LogP contribution is -2.18. The first kappa shape index (κ1) is 13.1. The average molecular weight is 253 g/mol. The Morgan fingerprint density at radius 1 is 1.35 bits per heavy atom. The van der Waals surface area contributed by atoms with Crippen LogP contribution in [0.2, 0.25) is 0 Å². The van der Waals surface area contributed by atoms with Crippen LogP contribution in [0.4, 0.5) is 23.2 Å². The van der Waals surface area contributed by atoms with E-state index in [1.807, 2.05) is 0 Å². The van der Waals surface area contributed by atoms with Crippen LogP contribution in [-0.4, -0.2) is 19.4 Å². The fourth-order valence-electron chi connectivity index (χ4n) is 1.06. The predicted octanol–water partition coefficient (Wildman–Crippen LogP) is 2.09. The number of rotatable bonds is 2.